The first-order valence-corrected chi connectivity index (χ1v) is 8.12. The highest BCUT2D eigenvalue weighted by Gasteiger charge is 2.29. The van der Waals surface area contributed by atoms with E-state index < -0.39 is 16.7 Å². The van der Waals surface area contributed by atoms with Crippen molar-refractivity contribution in [1.82, 2.24) is 0 Å². The van der Waals surface area contributed by atoms with Crippen molar-refractivity contribution in [2.24, 2.45) is 0 Å². The Morgan fingerprint density at radius 2 is 2.15 bits per heavy atom. The van der Waals surface area contributed by atoms with Gasteiger partial charge in [-0.3, -0.25) is 24.6 Å². The van der Waals surface area contributed by atoms with Crippen LogP contribution < -0.4 is 19.7 Å². The van der Waals surface area contributed by atoms with Gasteiger partial charge in [0, 0.05) is 17.2 Å². The van der Waals surface area contributed by atoms with Gasteiger partial charge in [-0.25, -0.2) is 0 Å². The normalized spacial score (nSPS) is 12.8. The fraction of sp³-hybridized carbons (Fsp3) is 0.176. The number of carbonyl (C=O) groups is 2. The molecule has 3 rings (SSSR count). The van der Waals surface area contributed by atoms with E-state index in [1.54, 1.807) is 12.1 Å². The van der Waals surface area contributed by atoms with Gasteiger partial charge in [-0.05, 0) is 24.3 Å². The first kappa shape index (κ1) is 18.5. The molecule has 0 saturated heterocycles. The van der Waals surface area contributed by atoms with Crippen LogP contribution in [-0.4, -0.2) is 37.0 Å². The summed E-state index contributed by atoms with van der Waals surface area (Å²) < 4.78 is 10.4. The van der Waals surface area contributed by atoms with Gasteiger partial charge in [-0.2, -0.15) is 0 Å². The Balaban J connectivity index is 1.84. The Bertz CT molecular complexity index is 933. The van der Waals surface area contributed by atoms with Crippen LogP contribution in [0.2, 0.25) is 5.02 Å². The van der Waals surface area contributed by atoms with Crippen LogP contribution in [0.3, 0.4) is 0 Å². The number of nitrogens with zero attached hydrogens (tertiary/aromatic N) is 2. The smallest absolute Gasteiger partial charge is 0.271 e. The van der Waals surface area contributed by atoms with Gasteiger partial charge in [0.2, 0.25) is 5.91 Å². The summed E-state index contributed by atoms with van der Waals surface area (Å²) in [6.45, 7) is -0.620. The highest BCUT2D eigenvalue weighted by molar-refractivity contribution is 6.31. The van der Waals surface area contributed by atoms with E-state index in [1.807, 2.05) is 0 Å². The molecule has 0 aromatic heterocycles. The largest absolute Gasteiger partial charge is 0.495 e. The number of non-ortho nitro benzene ring substituents is 1. The van der Waals surface area contributed by atoms with E-state index in [-0.39, 0.29) is 30.3 Å². The molecule has 1 aliphatic rings. The molecule has 10 heteroatoms. The number of rotatable bonds is 5. The fourth-order valence-electron chi connectivity index (χ4n) is 2.59. The lowest BCUT2D eigenvalue weighted by molar-refractivity contribution is -0.384. The lowest BCUT2D eigenvalue weighted by atomic mass is 10.2. The molecule has 0 bridgehead atoms. The number of amides is 2. The zero-order chi connectivity index (χ0) is 19.6. The minimum Gasteiger partial charge on any atom is -0.495 e. The van der Waals surface area contributed by atoms with E-state index in [4.69, 9.17) is 21.1 Å². The van der Waals surface area contributed by atoms with Gasteiger partial charge < -0.3 is 14.8 Å². The van der Waals surface area contributed by atoms with E-state index in [2.05, 4.69) is 5.32 Å². The molecule has 2 aromatic carbocycles. The van der Waals surface area contributed by atoms with Crippen molar-refractivity contribution < 1.29 is 24.0 Å². The summed E-state index contributed by atoms with van der Waals surface area (Å²) in [5.41, 5.74) is 0.289. The summed E-state index contributed by atoms with van der Waals surface area (Å²) in [7, 11) is 1.44. The summed E-state index contributed by atoms with van der Waals surface area (Å²) >= 11 is 5.93. The first-order chi connectivity index (χ1) is 12.9. The van der Waals surface area contributed by atoms with Crippen LogP contribution in [0.1, 0.15) is 0 Å². The van der Waals surface area contributed by atoms with Crippen molar-refractivity contribution in [3.63, 3.8) is 0 Å². The highest BCUT2D eigenvalue weighted by Crippen LogP contribution is 2.35. The van der Waals surface area contributed by atoms with Crippen molar-refractivity contribution in [3.8, 4) is 11.5 Å². The molecule has 140 valence electrons. The predicted octanol–water partition coefficient (Wildman–Crippen LogP) is 2.62. The van der Waals surface area contributed by atoms with E-state index in [1.165, 1.54) is 31.4 Å². The van der Waals surface area contributed by atoms with Crippen LogP contribution in [0.15, 0.2) is 36.4 Å². The first-order valence-electron chi connectivity index (χ1n) is 7.74. The Labute approximate surface area is 158 Å². The van der Waals surface area contributed by atoms with Gasteiger partial charge in [-0.15, -0.1) is 0 Å². The SMILES string of the molecule is COc1ccc(Cl)cc1NC(=O)CN1C(=O)COc2ccc([N+](=O)[O-])cc21. The van der Waals surface area contributed by atoms with Gasteiger partial charge in [-0.1, -0.05) is 11.6 Å². The maximum Gasteiger partial charge on any atom is 0.271 e. The number of benzene rings is 2. The predicted molar refractivity (Wildman–Crippen MR) is 97.6 cm³/mol. The standard InChI is InChI=1S/C17H14ClN3O6/c1-26-14-4-2-10(18)6-12(14)19-16(22)8-20-13-7-11(21(24)25)3-5-15(13)27-9-17(20)23/h2-7H,8-9H2,1H3,(H,19,22). The molecule has 0 atom stereocenters. The summed E-state index contributed by atoms with van der Waals surface area (Å²) in [5.74, 6) is -0.329. The number of methoxy groups -OCH3 is 1. The number of nitrogens with one attached hydrogen (secondary N) is 1. The molecule has 1 heterocycles. The minimum atomic E-state index is -0.589. The third-order valence-electron chi connectivity index (χ3n) is 3.83. The molecule has 0 fully saturated rings. The van der Waals surface area contributed by atoms with Crippen molar-refractivity contribution in [2.75, 3.05) is 30.5 Å². The second-order valence-electron chi connectivity index (χ2n) is 5.57. The third kappa shape index (κ3) is 3.93. The number of fused-ring (bicyclic) bond motifs is 1. The van der Waals surface area contributed by atoms with Gasteiger partial charge in [0.05, 0.1) is 23.4 Å². The van der Waals surface area contributed by atoms with Gasteiger partial charge in [0.15, 0.2) is 6.61 Å². The Morgan fingerprint density at radius 1 is 1.37 bits per heavy atom. The summed E-state index contributed by atoms with van der Waals surface area (Å²) in [6, 6.07) is 8.57. The molecular weight excluding hydrogens is 378 g/mol. The molecule has 0 spiro atoms. The highest BCUT2D eigenvalue weighted by atomic mass is 35.5. The molecule has 0 saturated carbocycles. The molecule has 27 heavy (non-hydrogen) atoms. The van der Waals surface area contributed by atoms with Crippen LogP contribution in [0.4, 0.5) is 17.1 Å². The lowest BCUT2D eigenvalue weighted by Gasteiger charge is -2.28. The number of nitro benzene ring substituents is 1. The number of nitro groups is 1. The quantitative estimate of drug-likeness (QED) is 0.619. The summed E-state index contributed by atoms with van der Waals surface area (Å²) in [5, 5.41) is 14.0. The topological polar surface area (TPSA) is 111 Å². The lowest BCUT2D eigenvalue weighted by Crippen LogP contribution is -2.43. The van der Waals surface area contributed by atoms with Gasteiger partial charge in [0.25, 0.3) is 11.6 Å². The van der Waals surface area contributed by atoms with E-state index in [0.717, 1.165) is 4.90 Å². The van der Waals surface area contributed by atoms with E-state index >= 15 is 0 Å². The van der Waals surface area contributed by atoms with Crippen LogP contribution in [-0.2, 0) is 9.59 Å². The number of hydrogen-bond donors (Lipinski definition) is 1. The molecule has 1 aliphatic heterocycles. The fourth-order valence-corrected chi connectivity index (χ4v) is 2.76. The Morgan fingerprint density at radius 3 is 2.85 bits per heavy atom. The molecule has 9 nitrogen and oxygen atoms in total. The van der Waals surface area contributed by atoms with Gasteiger partial charge in [0.1, 0.15) is 18.0 Å². The van der Waals surface area contributed by atoms with Crippen molar-refractivity contribution in [2.45, 2.75) is 0 Å². The van der Waals surface area contributed by atoms with Gasteiger partial charge >= 0.3 is 0 Å². The maximum atomic E-state index is 12.5. The van der Waals surface area contributed by atoms with Crippen LogP contribution in [0, 0.1) is 10.1 Å². The monoisotopic (exact) mass is 391 g/mol. The molecular formula is C17H14ClN3O6. The maximum absolute atomic E-state index is 12.5. The zero-order valence-corrected chi connectivity index (χ0v) is 14.9. The van der Waals surface area contributed by atoms with Crippen LogP contribution >= 0.6 is 11.6 Å². The molecule has 0 aliphatic carbocycles. The summed E-state index contributed by atoms with van der Waals surface area (Å²) in [4.78, 5) is 36.2. The number of hydrogen-bond acceptors (Lipinski definition) is 6. The molecule has 1 N–H and O–H groups in total. The zero-order valence-electron chi connectivity index (χ0n) is 14.1. The Kier molecular flexibility index (Phi) is 5.13. The average molecular weight is 392 g/mol. The minimum absolute atomic E-state index is 0.161. The number of ether oxygens (including phenoxy) is 2. The molecule has 2 aromatic rings. The average Bonchev–Trinajstić information content (AvgIpc) is 2.64. The van der Waals surface area contributed by atoms with Crippen LogP contribution in [0.5, 0.6) is 11.5 Å². The van der Waals surface area contributed by atoms with Crippen molar-refractivity contribution >= 4 is 40.5 Å². The number of halogens is 1. The molecule has 0 unspecified atom stereocenters. The van der Waals surface area contributed by atoms with Crippen molar-refractivity contribution in [3.05, 3.63) is 51.5 Å². The number of anilines is 2. The Hall–Kier alpha value is -3.33. The molecule has 0 radical (unpaired) electrons. The van der Waals surface area contributed by atoms with Crippen molar-refractivity contribution in [1.29, 1.82) is 0 Å². The van der Waals surface area contributed by atoms with Crippen LogP contribution in [0.25, 0.3) is 0 Å². The van der Waals surface area contributed by atoms with E-state index in [0.29, 0.717) is 16.5 Å². The molecule has 2 amide bonds. The second kappa shape index (κ2) is 7.50. The summed E-state index contributed by atoms with van der Waals surface area (Å²) in [6.07, 6.45) is 0. The third-order valence-corrected chi connectivity index (χ3v) is 4.07. The second-order valence-corrected chi connectivity index (χ2v) is 6.01. The number of carbonyl (C=O) groups excluding carboxylic acids is 2. The van der Waals surface area contributed by atoms with E-state index in [9.17, 15) is 19.7 Å².